The van der Waals surface area contributed by atoms with Gasteiger partial charge < -0.3 is 15.2 Å². The van der Waals surface area contributed by atoms with Crippen molar-refractivity contribution in [1.82, 2.24) is 19.9 Å². The van der Waals surface area contributed by atoms with Gasteiger partial charge in [0.15, 0.2) is 5.82 Å². The first-order chi connectivity index (χ1) is 12.4. The number of hydrogen-bond acceptors (Lipinski definition) is 4. The zero-order chi connectivity index (χ0) is 18.8. The van der Waals surface area contributed by atoms with Crippen molar-refractivity contribution in [3.05, 3.63) is 46.6 Å². The number of nitrogens with one attached hydrogen (secondary N) is 2. The second-order valence-electron chi connectivity index (χ2n) is 6.09. The Balaban J connectivity index is 2.07. The van der Waals surface area contributed by atoms with Crippen LogP contribution in [0.5, 0.6) is 0 Å². The molecule has 0 saturated heterocycles. The number of aromatic nitrogens is 3. The summed E-state index contributed by atoms with van der Waals surface area (Å²) in [5.41, 5.74) is 2.06. The molecule has 0 aliphatic heterocycles. The Morgan fingerprint density at radius 2 is 2.12 bits per heavy atom. The van der Waals surface area contributed by atoms with E-state index < -0.39 is 5.82 Å². The van der Waals surface area contributed by atoms with Crippen LogP contribution in [0.1, 0.15) is 37.2 Å². The third kappa shape index (κ3) is 3.55. The number of rotatable bonds is 5. The number of hydrogen-bond donors (Lipinski definition) is 2. The molecule has 6 nitrogen and oxygen atoms in total. The van der Waals surface area contributed by atoms with Gasteiger partial charge in [0, 0.05) is 18.2 Å². The monoisotopic (exact) mass is 419 g/mol. The van der Waals surface area contributed by atoms with Crippen LogP contribution in [0.3, 0.4) is 0 Å². The fraction of sp³-hybridized carbons (Fsp3) is 0.278. The minimum absolute atomic E-state index is 0.162. The Morgan fingerprint density at radius 3 is 2.81 bits per heavy atom. The molecule has 136 valence electrons. The van der Waals surface area contributed by atoms with Crippen molar-refractivity contribution in [3.63, 3.8) is 0 Å². The number of carbonyl (C=O) groups is 1. The highest BCUT2D eigenvalue weighted by atomic mass is 79.9. The molecule has 1 amide bonds. The zero-order valence-electron chi connectivity index (χ0n) is 14.7. The van der Waals surface area contributed by atoms with Gasteiger partial charge in [0.2, 0.25) is 0 Å². The van der Waals surface area contributed by atoms with Crippen molar-refractivity contribution < 1.29 is 9.18 Å². The van der Waals surface area contributed by atoms with Gasteiger partial charge >= 0.3 is 0 Å². The van der Waals surface area contributed by atoms with Crippen LogP contribution in [0.25, 0.3) is 11.0 Å². The van der Waals surface area contributed by atoms with E-state index in [4.69, 9.17) is 0 Å². The van der Waals surface area contributed by atoms with Gasteiger partial charge in [0.05, 0.1) is 17.5 Å². The maximum absolute atomic E-state index is 14.3. The van der Waals surface area contributed by atoms with E-state index in [9.17, 15) is 9.18 Å². The van der Waals surface area contributed by atoms with E-state index in [1.807, 2.05) is 25.3 Å². The van der Waals surface area contributed by atoms with Gasteiger partial charge in [-0.05, 0) is 61.0 Å². The van der Waals surface area contributed by atoms with E-state index in [0.717, 1.165) is 11.0 Å². The lowest BCUT2D eigenvalue weighted by Gasteiger charge is -2.14. The third-order valence-corrected chi connectivity index (χ3v) is 4.30. The molecule has 0 radical (unpaired) electrons. The van der Waals surface area contributed by atoms with Gasteiger partial charge in [-0.15, -0.1) is 0 Å². The number of imidazole rings is 1. The number of pyridine rings is 1. The van der Waals surface area contributed by atoms with E-state index in [2.05, 4.69) is 36.5 Å². The van der Waals surface area contributed by atoms with Gasteiger partial charge in [-0.2, -0.15) is 0 Å². The minimum Gasteiger partial charge on any atom is -0.352 e. The average molecular weight is 420 g/mol. The SMILES string of the molecule is CCNC(=O)c1ccc(F)c(Nc2nc(Br)cc3ncn(C(C)C)c23)c1. The summed E-state index contributed by atoms with van der Waals surface area (Å²) in [4.78, 5) is 20.9. The second kappa shape index (κ2) is 7.41. The van der Waals surface area contributed by atoms with Crippen molar-refractivity contribution in [2.45, 2.75) is 26.8 Å². The topological polar surface area (TPSA) is 71.8 Å². The van der Waals surface area contributed by atoms with Crippen LogP contribution in [-0.4, -0.2) is 27.0 Å². The predicted molar refractivity (Wildman–Crippen MR) is 103 cm³/mol. The standard InChI is InChI=1S/C18H19BrFN5O/c1-4-21-18(26)11-5-6-12(20)13(7-11)23-17-16-14(8-15(19)24-17)22-9-25(16)10(2)3/h5-10H,4H2,1-3H3,(H,21,26)(H,23,24). The van der Waals surface area contributed by atoms with E-state index >= 15 is 0 Å². The summed E-state index contributed by atoms with van der Waals surface area (Å²) in [5.74, 6) is -0.258. The largest absolute Gasteiger partial charge is 0.352 e. The molecule has 0 saturated carbocycles. The van der Waals surface area contributed by atoms with Crippen molar-refractivity contribution in [2.24, 2.45) is 0 Å². The summed E-state index contributed by atoms with van der Waals surface area (Å²) in [7, 11) is 0. The molecule has 0 atom stereocenters. The first-order valence-electron chi connectivity index (χ1n) is 8.28. The van der Waals surface area contributed by atoms with Crippen molar-refractivity contribution in [3.8, 4) is 0 Å². The van der Waals surface area contributed by atoms with Gasteiger partial charge in [-0.3, -0.25) is 4.79 Å². The Labute approximate surface area is 159 Å². The fourth-order valence-electron chi connectivity index (χ4n) is 2.66. The van der Waals surface area contributed by atoms with E-state index in [0.29, 0.717) is 22.5 Å². The minimum atomic E-state index is -0.469. The highest BCUT2D eigenvalue weighted by molar-refractivity contribution is 9.10. The molecule has 1 aromatic carbocycles. The van der Waals surface area contributed by atoms with Crippen LogP contribution >= 0.6 is 15.9 Å². The van der Waals surface area contributed by atoms with Gasteiger partial charge in [-0.25, -0.2) is 14.4 Å². The highest BCUT2D eigenvalue weighted by Crippen LogP contribution is 2.30. The number of benzene rings is 1. The number of nitrogens with zero attached hydrogens (tertiary/aromatic N) is 3. The summed E-state index contributed by atoms with van der Waals surface area (Å²) in [6, 6.07) is 6.16. The molecular formula is C18H19BrFN5O. The molecule has 0 spiro atoms. The highest BCUT2D eigenvalue weighted by Gasteiger charge is 2.16. The molecule has 0 bridgehead atoms. The molecule has 2 N–H and O–H groups in total. The molecule has 0 aliphatic carbocycles. The fourth-order valence-corrected chi connectivity index (χ4v) is 3.05. The molecule has 0 unspecified atom stereocenters. The summed E-state index contributed by atoms with van der Waals surface area (Å²) in [6.07, 6.45) is 1.73. The Kier molecular flexibility index (Phi) is 5.22. The normalized spacial score (nSPS) is 11.2. The Bertz CT molecular complexity index is 970. The predicted octanol–water partition coefficient (Wildman–Crippen LogP) is 4.41. The van der Waals surface area contributed by atoms with Gasteiger partial charge in [0.1, 0.15) is 15.9 Å². The van der Waals surface area contributed by atoms with Crippen LogP contribution in [0.2, 0.25) is 0 Å². The van der Waals surface area contributed by atoms with Crippen molar-refractivity contribution in [2.75, 3.05) is 11.9 Å². The smallest absolute Gasteiger partial charge is 0.251 e. The van der Waals surface area contributed by atoms with E-state index in [1.54, 1.807) is 12.4 Å². The molecule has 26 heavy (non-hydrogen) atoms. The number of amides is 1. The van der Waals surface area contributed by atoms with Crippen LogP contribution in [-0.2, 0) is 0 Å². The lowest BCUT2D eigenvalue weighted by molar-refractivity contribution is 0.0956. The van der Waals surface area contributed by atoms with Crippen LogP contribution in [0, 0.1) is 5.82 Å². The first kappa shape index (κ1) is 18.3. The van der Waals surface area contributed by atoms with Crippen molar-refractivity contribution >= 4 is 44.4 Å². The van der Waals surface area contributed by atoms with E-state index in [-0.39, 0.29) is 17.6 Å². The van der Waals surface area contributed by atoms with Gasteiger partial charge in [0.25, 0.3) is 5.91 Å². The third-order valence-electron chi connectivity index (χ3n) is 3.90. The summed E-state index contributed by atoms with van der Waals surface area (Å²) < 4.78 is 16.9. The molecule has 3 aromatic rings. The first-order valence-corrected chi connectivity index (χ1v) is 9.07. The molecule has 8 heteroatoms. The molecular weight excluding hydrogens is 401 g/mol. The Morgan fingerprint density at radius 1 is 1.35 bits per heavy atom. The van der Waals surface area contributed by atoms with Crippen LogP contribution < -0.4 is 10.6 Å². The molecule has 0 fully saturated rings. The molecule has 3 rings (SSSR count). The molecule has 0 aliphatic rings. The van der Waals surface area contributed by atoms with Crippen molar-refractivity contribution in [1.29, 1.82) is 0 Å². The van der Waals surface area contributed by atoms with E-state index in [1.165, 1.54) is 18.2 Å². The van der Waals surface area contributed by atoms with Crippen LogP contribution in [0.15, 0.2) is 35.2 Å². The number of fused-ring (bicyclic) bond motifs is 1. The Hall–Kier alpha value is -2.48. The summed E-state index contributed by atoms with van der Waals surface area (Å²) >= 11 is 3.36. The maximum Gasteiger partial charge on any atom is 0.251 e. The molecule has 2 heterocycles. The number of anilines is 2. The quantitative estimate of drug-likeness (QED) is 0.600. The molecule has 2 aromatic heterocycles. The maximum atomic E-state index is 14.3. The number of halogens is 2. The second-order valence-corrected chi connectivity index (χ2v) is 6.90. The summed E-state index contributed by atoms with van der Waals surface area (Å²) in [5, 5.41) is 5.72. The average Bonchev–Trinajstić information content (AvgIpc) is 3.01. The lowest BCUT2D eigenvalue weighted by Crippen LogP contribution is -2.22. The zero-order valence-corrected chi connectivity index (χ0v) is 16.3. The number of carbonyl (C=O) groups excluding carboxylic acids is 1. The van der Waals surface area contributed by atoms with Crippen LogP contribution in [0.4, 0.5) is 15.9 Å². The van der Waals surface area contributed by atoms with Gasteiger partial charge in [-0.1, -0.05) is 0 Å². The summed E-state index contributed by atoms with van der Waals surface area (Å²) in [6.45, 7) is 6.39. The lowest BCUT2D eigenvalue weighted by atomic mass is 10.1.